The Kier molecular flexibility index (Phi) is 3.27. The summed E-state index contributed by atoms with van der Waals surface area (Å²) in [6.45, 7) is 4.01. The first kappa shape index (κ1) is 11.4. The van der Waals surface area contributed by atoms with Crippen LogP contribution < -0.4 is 0 Å². The standard InChI is InChI=1S/C12H14N4O/c1-9(2)12(17)8-16-7-11(14-15-16)10-5-3-4-6-13-10/h3-7,9H,8H2,1-2H3. The van der Waals surface area contributed by atoms with Crippen molar-refractivity contribution in [1.29, 1.82) is 0 Å². The number of carbonyl (C=O) groups is 1. The molecule has 0 aliphatic carbocycles. The number of hydrogen-bond acceptors (Lipinski definition) is 4. The van der Waals surface area contributed by atoms with Gasteiger partial charge < -0.3 is 0 Å². The molecule has 0 N–H and O–H groups in total. The fourth-order valence-corrected chi connectivity index (χ4v) is 1.35. The molecule has 2 rings (SSSR count). The summed E-state index contributed by atoms with van der Waals surface area (Å²) in [7, 11) is 0. The number of hydrogen-bond donors (Lipinski definition) is 0. The van der Waals surface area contributed by atoms with Crippen molar-refractivity contribution in [3.8, 4) is 11.4 Å². The second-order valence-electron chi connectivity index (χ2n) is 4.14. The zero-order valence-corrected chi connectivity index (χ0v) is 9.87. The summed E-state index contributed by atoms with van der Waals surface area (Å²) in [5.74, 6) is 0.153. The van der Waals surface area contributed by atoms with E-state index in [-0.39, 0.29) is 18.2 Å². The molecule has 17 heavy (non-hydrogen) atoms. The number of aromatic nitrogens is 4. The third-order valence-electron chi connectivity index (χ3n) is 2.43. The Hall–Kier alpha value is -2.04. The normalized spacial score (nSPS) is 10.8. The lowest BCUT2D eigenvalue weighted by molar-refractivity contribution is -0.122. The lowest BCUT2D eigenvalue weighted by atomic mass is 10.1. The lowest BCUT2D eigenvalue weighted by Crippen LogP contribution is -2.15. The fourth-order valence-electron chi connectivity index (χ4n) is 1.35. The Morgan fingerprint density at radius 3 is 2.82 bits per heavy atom. The van der Waals surface area contributed by atoms with E-state index in [2.05, 4.69) is 15.3 Å². The molecule has 88 valence electrons. The van der Waals surface area contributed by atoms with Gasteiger partial charge in [0.2, 0.25) is 0 Å². The van der Waals surface area contributed by atoms with Gasteiger partial charge in [0.1, 0.15) is 12.2 Å². The average Bonchev–Trinajstić information content (AvgIpc) is 2.78. The Morgan fingerprint density at radius 2 is 2.18 bits per heavy atom. The Labute approximate surface area is 99.5 Å². The summed E-state index contributed by atoms with van der Waals surface area (Å²) >= 11 is 0. The van der Waals surface area contributed by atoms with E-state index in [1.807, 2.05) is 32.0 Å². The number of Topliss-reactive ketones (excluding diaryl/α,β-unsaturated/α-hetero) is 1. The first-order valence-electron chi connectivity index (χ1n) is 5.51. The number of rotatable bonds is 4. The summed E-state index contributed by atoms with van der Waals surface area (Å²) < 4.78 is 1.55. The van der Waals surface area contributed by atoms with E-state index in [1.165, 1.54) is 0 Å². The summed E-state index contributed by atoms with van der Waals surface area (Å²) in [5.41, 5.74) is 1.44. The van der Waals surface area contributed by atoms with Gasteiger partial charge in [0.25, 0.3) is 0 Å². The third kappa shape index (κ3) is 2.75. The van der Waals surface area contributed by atoms with Crippen molar-refractivity contribution >= 4 is 5.78 Å². The van der Waals surface area contributed by atoms with Crippen LogP contribution >= 0.6 is 0 Å². The minimum absolute atomic E-state index is 0.0116. The molecule has 0 aliphatic heterocycles. The van der Waals surface area contributed by atoms with Crippen LogP contribution in [0.25, 0.3) is 11.4 Å². The maximum atomic E-state index is 11.6. The van der Waals surface area contributed by atoms with Crippen LogP contribution in [-0.4, -0.2) is 25.8 Å². The number of carbonyl (C=O) groups excluding carboxylic acids is 1. The van der Waals surface area contributed by atoms with E-state index in [9.17, 15) is 4.79 Å². The largest absolute Gasteiger partial charge is 0.297 e. The molecule has 5 nitrogen and oxygen atoms in total. The summed E-state index contributed by atoms with van der Waals surface area (Å²) in [4.78, 5) is 15.7. The van der Waals surface area contributed by atoms with Crippen molar-refractivity contribution in [2.24, 2.45) is 5.92 Å². The molecule has 0 radical (unpaired) electrons. The summed E-state index contributed by atoms with van der Waals surface area (Å²) in [6, 6.07) is 5.59. The van der Waals surface area contributed by atoms with Crippen LogP contribution in [-0.2, 0) is 11.3 Å². The molecule has 2 aromatic heterocycles. The Bertz CT molecular complexity index is 504. The minimum atomic E-state index is 0.0116. The van der Waals surface area contributed by atoms with Gasteiger partial charge in [0.15, 0.2) is 5.78 Å². The second kappa shape index (κ2) is 4.86. The molecule has 0 unspecified atom stereocenters. The van der Waals surface area contributed by atoms with E-state index >= 15 is 0 Å². The van der Waals surface area contributed by atoms with Crippen LogP contribution in [0.2, 0.25) is 0 Å². The molecule has 0 bridgehead atoms. The van der Waals surface area contributed by atoms with E-state index in [0.717, 1.165) is 5.69 Å². The van der Waals surface area contributed by atoms with Gasteiger partial charge in [0.05, 0.1) is 11.9 Å². The smallest absolute Gasteiger partial charge is 0.156 e. The molecule has 0 saturated heterocycles. The number of ketones is 1. The molecular formula is C12H14N4O. The fraction of sp³-hybridized carbons (Fsp3) is 0.333. The monoisotopic (exact) mass is 230 g/mol. The van der Waals surface area contributed by atoms with Crippen LogP contribution in [0.4, 0.5) is 0 Å². The molecule has 5 heteroatoms. The molecule has 0 amide bonds. The molecule has 2 aromatic rings. The van der Waals surface area contributed by atoms with Crippen molar-refractivity contribution in [2.45, 2.75) is 20.4 Å². The highest BCUT2D eigenvalue weighted by atomic mass is 16.1. The molecule has 0 saturated carbocycles. The highest BCUT2D eigenvalue weighted by molar-refractivity contribution is 5.80. The van der Waals surface area contributed by atoms with Crippen molar-refractivity contribution in [1.82, 2.24) is 20.0 Å². The highest BCUT2D eigenvalue weighted by Crippen LogP contribution is 2.11. The van der Waals surface area contributed by atoms with Crippen molar-refractivity contribution in [2.75, 3.05) is 0 Å². The minimum Gasteiger partial charge on any atom is -0.297 e. The van der Waals surface area contributed by atoms with Gasteiger partial charge in [-0.3, -0.25) is 9.78 Å². The third-order valence-corrected chi connectivity index (χ3v) is 2.43. The molecule has 0 aromatic carbocycles. The maximum Gasteiger partial charge on any atom is 0.156 e. The quantitative estimate of drug-likeness (QED) is 0.799. The van der Waals surface area contributed by atoms with Crippen LogP contribution in [0.5, 0.6) is 0 Å². The molecule has 0 spiro atoms. The van der Waals surface area contributed by atoms with Gasteiger partial charge in [-0.1, -0.05) is 25.1 Å². The molecule has 0 aliphatic rings. The Balaban J connectivity index is 2.14. The van der Waals surface area contributed by atoms with Gasteiger partial charge in [0, 0.05) is 12.1 Å². The summed E-state index contributed by atoms with van der Waals surface area (Å²) in [6.07, 6.45) is 3.44. The van der Waals surface area contributed by atoms with Crippen LogP contribution in [0, 0.1) is 5.92 Å². The molecule has 0 atom stereocenters. The van der Waals surface area contributed by atoms with Crippen LogP contribution in [0.3, 0.4) is 0 Å². The van der Waals surface area contributed by atoms with Gasteiger partial charge in [-0.15, -0.1) is 5.10 Å². The predicted molar refractivity (Wildman–Crippen MR) is 63.1 cm³/mol. The van der Waals surface area contributed by atoms with Gasteiger partial charge in [-0.2, -0.15) is 0 Å². The van der Waals surface area contributed by atoms with Crippen LogP contribution in [0.15, 0.2) is 30.6 Å². The molecular weight excluding hydrogens is 216 g/mol. The van der Waals surface area contributed by atoms with Gasteiger partial charge in [-0.05, 0) is 12.1 Å². The second-order valence-corrected chi connectivity index (χ2v) is 4.14. The molecule has 0 fully saturated rings. The first-order valence-corrected chi connectivity index (χ1v) is 5.51. The van der Waals surface area contributed by atoms with E-state index in [0.29, 0.717) is 5.69 Å². The van der Waals surface area contributed by atoms with Crippen molar-refractivity contribution < 1.29 is 4.79 Å². The highest BCUT2D eigenvalue weighted by Gasteiger charge is 2.10. The number of nitrogens with zero attached hydrogens (tertiary/aromatic N) is 4. The average molecular weight is 230 g/mol. The zero-order chi connectivity index (χ0) is 12.3. The predicted octanol–water partition coefficient (Wildman–Crippen LogP) is 1.57. The van der Waals surface area contributed by atoms with Gasteiger partial charge in [-0.25, -0.2) is 4.68 Å². The van der Waals surface area contributed by atoms with Crippen LogP contribution in [0.1, 0.15) is 13.8 Å². The zero-order valence-electron chi connectivity index (χ0n) is 9.87. The first-order chi connectivity index (χ1) is 8.16. The van der Waals surface area contributed by atoms with Crippen molar-refractivity contribution in [3.63, 3.8) is 0 Å². The van der Waals surface area contributed by atoms with Gasteiger partial charge >= 0.3 is 0 Å². The number of pyridine rings is 1. The van der Waals surface area contributed by atoms with E-state index in [1.54, 1.807) is 17.1 Å². The summed E-state index contributed by atoms with van der Waals surface area (Å²) in [5, 5.41) is 7.92. The SMILES string of the molecule is CC(C)C(=O)Cn1cc(-c2ccccn2)nn1. The Morgan fingerprint density at radius 1 is 1.35 bits per heavy atom. The van der Waals surface area contributed by atoms with E-state index in [4.69, 9.17) is 0 Å². The van der Waals surface area contributed by atoms with Crippen molar-refractivity contribution in [3.05, 3.63) is 30.6 Å². The maximum absolute atomic E-state index is 11.6. The molecule has 2 heterocycles. The topological polar surface area (TPSA) is 60.7 Å². The lowest BCUT2D eigenvalue weighted by Gasteiger charge is -2.02. The van der Waals surface area contributed by atoms with E-state index < -0.39 is 0 Å².